The first-order chi connectivity index (χ1) is 9.48. The van der Waals surface area contributed by atoms with E-state index in [9.17, 15) is 8.42 Å². The highest BCUT2D eigenvalue weighted by Crippen LogP contribution is 2.26. The molecule has 2 atom stereocenters. The van der Waals surface area contributed by atoms with Gasteiger partial charge in [0.05, 0.1) is 11.5 Å². The van der Waals surface area contributed by atoms with Crippen LogP contribution in [-0.4, -0.2) is 38.6 Å². The number of nitrogens with one attached hydrogen (secondary N) is 2. The van der Waals surface area contributed by atoms with Crippen molar-refractivity contribution in [2.75, 3.05) is 24.6 Å². The molecule has 3 rings (SSSR count). The van der Waals surface area contributed by atoms with Crippen LogP contribution in [-0.2, 0) is 16.3 Å². The van der Waals surface area contributed by atoms with E-state index < -0.39 is 9.84 Å². The average Bonchev–Trinajstić information content (AvgIpc) is 2.71. The lowest BCUT2D eigenvalue weighted by Gasteiger charge is -2.31. The first-order valence-corrected chi connectivity index (χ1v) is 9.06. The number of fused-ring (bicyclic) bond motifs is 1. The molecule has 2 aliphatic heterocycles. The summed E-state index contributed by atoms with van der Waals surface area (Å²) >= 11 is 0. The Hall–Kier alpha value is -0.910. The van der Waals surface area contributed by atoms with E-state index in [4.69, 9.17) is 0 Å². The third-order valence-corrected chi connectivity index (χ3v) is 6.35. The van der Waals surface area contributed by atoms with E-state index >= 15 is 0 Å². The molecule has 2 aliphatic rings. The molecule has 0 amide bonds. The summed E-state index contributed by atoms with van der Waals surface area (Å²) < 4.78 is 23.3. The molecule has 0 bridgehead atoms. The second-order valence-electron chi connectivity index (χ2n) is 6.24. The fourth-order valence-corrected chi connectivity index (χ4v) is 5.40. The molecule has 2 unspecified atom stereocenters. The minimum Gasteiger partial charge on any atom is -0.309 e. The van der Waals surface area contributed by atoms with E-state index in [0.717, 1.165) is 19.5 Å². The molecule has 2 heterocycles. The second-order valence-corrected chi connectivity index (χ2v) is 8.42. The Balaban J connectivity index is 1.68. The summed E-state index contributed by atoms with van der Waals surface area (Å²) in [5, 5.41) is 7.01. The smallest absolute Gasteiger partial charge is 0.152 e. The number of hydrogen-bond acceptors (Lipinski definition) is 4. The zero-order chi connectivity index (χ0) is 14.2. The molecule has 0 spiro atoms. The van der Waals surface area contributed by atoms with Gasteiger partial charge in [0.2, 0.25) is 0 Å². The van der Waals surface area contributed by atoms with Crippen LogP contribution in [0, 0.1) is 0 Å². The van der Waals surface area contributed by atoms with Gasteiger partial charge in [0.25, 0.3) is 0 Å². The van der Waals surface area contributed by atoms with E-state index in [0.29, 0.717) is 12.2 Å². The van der Waals surface area contributed by atoms with Crippen LogP contribution in [0.25, 0.3) is 0 Å². The summed E-state index contributed by atoms with van der Waals surface area (Å²) in [6.07, 6.45) is 1.78. The molecule has 20 heavy (non-hydrogen) atoms. The summed E-state index contributed by atoms with van der Waals surface area (Å²) in [6, 6.07) is 8.78. The fourth-order valence-electron chi connectivity index (χ4n) is 3.27. The first kappa shape index (κ1) is 14.0. The van der Waals surface area contributed by atoms with Crippen molar-refractivity contribution < 1.29 is 8.42 Å². The van der Waals surface area contributed by atoms with Gasteiger partial charge < -0.3 is 10.6 Å². The number of rotatable bonds is 3. The fraction of sp³-hybridized carbons (Fsp3) is 0.600. The molecule has 1 aromatic rings. The molecule has 1 fully saturated rings. The Labute approximate surface area is 120 Å². The Morgan fingerprint density at radius 2 is 2.20 bits per heavy atom. The van der Waals surface area contributed by atoms with Gasteiger partial charge in [-0.25, -0.2) is 8.42 Å². The quantitative estimate of drug-likeness (QED) is 0.874. The molecule has 110 valence electrons. The van der Waals surface area contributed by atoms with Crippen LogP contribution in [0.4, 0.5) is 0 Å². The van der Waals surface area contributed by atoms with Gasteiger partial charge in [0.1, 0.15) is 0 Å². The predicted octanol–water partition coefficient (Wildman–Crippen LogP) is 1.04. The summed E-state index contributed by atoms with van der Waals surface area (Å²) in [5.41, 5.74) is 2.48. The van der Waals surface area contributed by atoms with Gasteiger partial charge in [-0.1, -0.05) is 24.3 Å². The van der Waals surface area contributed by atoms with Gasteiger partial charge in [-0.3, -0.25) is 0 Å². The van der Waals surface area contributed by atoms with Crippen molar-refractivity contribution in [1.29, 1.82) is 0 Å². The lowest BCUT2D eigenvalue weighted by Crippen LogP contribution is -2.48. The van der Waals surface area contributed by atoms with Crippen molar-refractivity contribution in [3.05, 3.63) is 35.4 Å². The van der Waals surface area contributed by atoms with Gasteiger partial charge in [-0.2, -0.15) is 0 Å². The average molecular weight is 294 g/mol. The van der Waals surface area contributed by atoms with Crippen molar-refractivity contribution in [3.8, 4) is 0 Å². The van der Waals surface area contributed by atoms with E-state index in [1.165, 1.54) is 11.1 Å². The van der Waals surface area contributed by atoms with Crippen molar-refractivity contribution in [1.82, 2.24) is 10.6 Å². The molecular formula is C15H22N2O2S. The van der Waals surface area contributed by atoms with Crippen LogP contribution < -0.4 is 10.6 Å². The number of hydrogen-bond donors (Lipinski definition) is 2. The van der Waals surface area contributed by atoms with E-state index in [1.54, 1.807) is 0 Å². The molecule has 0 aromatic heterocycles. The number of benzene rings is 1. The third-order valence-electron chi connectivity index (χ3n) is 4.45. The van der Waals surface area contributed by atoms with E-state index in [2.05, 4.69) is 34.9 Å². The summed E-state index contributed by atoms with van der Waals surface area (Å²) in [4.78, 5) is 0. The van der Waals surface area contributed by atoms with Crippen LogP contribution >= 0.6 is 0 Å². The highest BCUT2D eigenvalue weighted by molar-refractivity contribution is 7.91. The zero-order valence-electron chi connectivity index (χ0n) is 11.9. The van der Waals surface area contributed by atoms with Crippen LogP contribution in [0.3, 0.4) is 0 Å². The molecule has 5 heteroatoms. The molecule has 4 nitrogen and oxygen atoms in total. The van der Waals surface area contributed by atoms with Crippen molar-refractivity contribution >= 4 is 9.84 Å². The van der Waals surface area contributed by atoms with Crippen LogP contribution in [0.1, 0.15) is 30.5 Å². The summed E-state index contributed by atoms with van der Waals surface area (Å²) in [6.45, 7) is 3.79. The van der Waals surface area contributed by atoms with Crippen LogP contribution in [0.15, 0.2) is 24.3 Å². The van der Waals surface area contributed by atoms with Gasteiger partial charge in [0.15, 0.2) is 9.84 Å². The van der Waals surface area contributed by atoms with E-state index in [1.807, 2.05) is 6.92 Å². The monoisotopic (exact) mass is 294 g/mol. The molecule has 1 aromatic carbocycles. The maximum Gasteiger partial charge on any atom is 0.152 e. The highest BCUT2D eigenvalue weighted by atomic mass is 32.2. The van der Waals surface area contributed by atoms with Crippen LogP contribution in [0.2, 0.25) is 0 Å². The molecule has 0 radical (unpaired) electrons. The van der Waals surface area contributed by atoms with Crippen molar-refractivity contribution in [2.24, 2.45) is 0 Å². The lowest BCUT2D eigenvalue weighted by molar-refractivity contribution is 0.357. The second kappa shape index (κ2) is 5.13. The Morgan fingerprint density at radius 1 is 1.40 bits per heavy atom. The van der Waals surface area contributed by atoms with Crippen LogP contribution in [0.5, 0.6) is 0 Å². The Kier molecular flexibility index (Phi) is 3.60. The molecule has 1 saturated heterocycles. The Bertz CT molecular complexity index is 600. The normalized spacial score (nSPS) is 31.9. The molecule has 0 aliphatic carbocycles. The lowest BCUT2D eigenvalue weighted by atomic mass is 9.93. The van der Waals surface area contributed by atoms with Gasteiger partial charge >= 0.3 is 0 Å². The molecular weight excluding hydrogens is 272 g/mol. The van der Waals surface area contributed by atoms with E-state index in [-0.39, 0.29) is 17.3 Å². The maximum atomic E-state index is 11.6. The highest BCUT2D eigenvalue weighted by Gasteiger charge is 2.38. The number of sulfone groups is 1. The topological polar surface area (TPSA) is 58.2 Å². The van der Waals surface area contributed by atoms with Gasteiger partial charge in [-0.15, -0.1) is 0 Å². The SMILES string of the molecule is CC1(NCC2NCCc3ccccc32)CCS(=O)(=O)C1. The molecule has 2 N–H and O–H groups in total. The predicted molar refractivity (Wildman–Crippen MR) is 80.6 cm³/mol. The maximum absolute atomic E-state index is 11.6. The van der Waals surface area contributed by atoms with Gasteiger partial charge in [0, 0.05) is 18.1 Å². The van der Waals surface area contributed by atoms with Crippen molar-refractivity contribution in [3.63, 3.8) is 0 Å². The molecule has 0 saturated carbocycles. The standard InChI is InChI=1S/C15H22N2O2S/c1-15(7-9-20(18,19)11-15)17-10-14-13-5-3-2-4-12(13)6-8-16-14/h2-5,14,16-17H,6-11H2,1H3. The minimum atomic E-state index is -2.85. The Morgan fingerprint density at radius 3 is 2.95 bits per heavy atom. The third kappa shape index (κ3) is 2.90. The van der Waals surface area contributed by atoms with Gasteiger partial charge in [-0.05, 0) is 37.4 Å². The minimum absolute atomic E-state index is 0.258. The largest absolute Gasteiger partial charge is 0.309 e. The first-order valence-electron chi connectivity index (χ1n) is 7.24. The van der Waals surface area contributed by atoms with Crippen molar-refractivity contribution in [2.45, 2.75) is 31.3 Å². The summed E-state index contributed by atoms with van der Waals surface area (Å²) in [7, 11) is -2.85. The zero-order valence-corrected chi connectivity index (χ0v) is 12.7. The summed E-state index contributed by atoms with van der Waals surface area (Å²) in [5.74, 6) is 0.569.